The van der Waals surface area contributed by atoms with Crippen molar-refractivity contribution in [1.29, 1.82) is 0 Å². The smallest absolute Gasteiger partial charge is 0.303 e. The molecule has 38 heavy (non-hydrogen) atoms. The first-order valence-electron chi connectivity index (χ1n) is 13.5. The number of hydrogen-bond donors (Lipinski definition) is 2. The van der Waals surface area contributed by atoms with Gasteiger partial charge in [-0.05, 0) is 96.9 Å². The van der Waals surface area contributed by atoms with Crippen LogP contribution in [0.5, 0.6) is 5.75 Å². The topological polar surface area (TPSA) is 95.9 Å². The summed E-state index contributed by atoms with van der Waals surface area (Å²) in [7, 11) is 0. The lowest BCUT2D eigenvalue weighted by atomic mass is 9.72. The number of halogens is 1. The zero-order valence-electron chi connectivity index (χ0n) is 22.2. The summed E-state index contributed by atoms with van der Waals surface area (Å²) in [5, 5.41) is 12.0. The summed E-state index contributed by atoms with van der Waals surface area (Å²) >= 11 is 0. The van der Waals surface area contributed by atoms with Gasteiger partial charge in [0.2, 0.25) is 5.91 Å². The molecule has 1 heterocycles. The molecule has 1 atom stereocenters. The van der Waals surface area contributed by atoms with E-state index in [2.05, 4.69) is 5.32 Å². The van der Waals surface area contributed by atoms with Gasteiger partial charge in [-0.1, -0.05) is 19.9 Å². The van der Waals surface area contributed by atoms with Crippen LogP contribution >= 0.6 is 0 Å². The van der Waals surface area contributed by atoms with Gasteiger partial charge in [0, 0.05) is 24.6 Å². The van der Waals surface area contributed by atoms with Crippen LogP contribution in [0.25, 0.3) is 0 Å². The van der Waals surface area contributed by atoms with E-state index in [-0.39, 0.29) is 41.3 Å². The molecule has 2 aromatic rings. The highest BCUT2D eigenvalue weighted by Gasteiger charge is 2.43. The molecule has 202 valence electrons. The Morgan fingerprint density at radius 2 is 1.89 bits per heavy atom. The van der Waals surface area contributed by atoms with Gasteiger partial charge in [0.25, 0.3) is 5.91 Å². The molecule has 2 aliphatic carbocycles. The van der Waals surface area contributed by atoms with Gasteiger partial charge in [0.05, 0.1) is 6.61 Å². The Morgan fingerprint density at radius 1 is 1.13 bits per heavy atom. The Hall–Kier alpha value is -3.42. The molecule has 2 N–H and O–H groups in total. The summed E-state index contributed by atoms with van der Waals surface area (Å²) in [5.74, 6) is -1.30. The fraction of sp³-hybridized carbons (Fsp3) is 0.500. The molecule has 0 radical (unpaired) electrons. The number of carboxylic acids is 1. The van der Waals surface area contributed by atoms with Crippen LogP contribution in [0, 0.1) is 17.7 Å². The van der Waals surface area contributed by atoms with E-state index in [1.165, 1.54) is 6.07 Å². The molecule has 0 spiro atoms. The summed E-state index contributed by atoms with van der Waals surface area (Å²) in [5.41, 5.74) is 3.43. The van der Waals surface area contributed by atoms with E-state index in [1.54, 1.807) is 11.0 Å². The fourth-order valence-corrected chi connectivity index (χ4v) is 6.44. The van der Waals surface area contributed by atoms with Gasteiger partial charge in [-0.25, -0.2) is 4.39 Å². The zero-order valence-corrected chi connectivity index (χ0v) is 22.2. The minimum Gasteiger partial charge on any atom is -0.494 e. The van der Waals surface area contributed by atoms with E-state index < -0.39 is 12.0 Å². The maximum absolute atomic E-state index is 15.1. The molecule has 0 unspecified atom stereocenters. The normalized spacial score (nSPS) is 23.2. The summed E-state index contributed by atoms with van der Waals surface area (Å²) in [6, 6.07) is 7.92. The van der Waals surface area contributed by atoms with Crippen molar-refractivity contribution >= 4 is 23.5 Å². The highest BCUT2D eigenvalue weighted by molar-refractivity contribution is 5.99. The Morgan fingerprint density at radius 3 is 2.61 bits per heavy atom. The Kier molecular flexibility index (Phi) is 6.92. The number of aliphatic carboxylic acids is 1. The van der Waals surface area contributed by atoms with Crippen LogP contribution in [0.15, 0.2) is 30.3 Å². The largest absolute Gasteiger partial charge is 0.494 e. The third-order valence-electron chi connectivity index (χ3n) is 8.37. The van der Waals surface area contributed by atoms with Gasteiger partial charge >= 0.3 is 5.97 Å². The molecule has 1 saturated carbocycles. The van der Waals surface area contributed by atoms with Crippen LogP contribution in [-0.4, -0.2) is 40.9 Å². The number of benzene rings is 2. The third-order valence-corrected chi connectivity index (χ3v) is 8.37. The number of carbonyl (C=O) groups is 3. The summed E-state index contributed by atoms with van der Waals surface area (Å²) in [6.07, 6.45) is 3.26. The van der Waals surface area contributed by atoms with E-state index in [0.717, 1.165) is 29.5 Å². The fourth-order valence-electron chi connectivity index (χ4n) is 6.44. The van der Waals surface area contributed by atoms with Crippen molar-refractivity contribution in [3.8, 4) is 5.75 Å². The average molecular weight is 523 g/mol. The average Bonchev–Trinajstić information content (AvgIpc) is 3.14. The number of ether oxygens (including phenoxy) is 1. The van der Waals surface area contributed by atoms with E-state index in [0.29, 0.717) is 49.4 Å². The van der Waals surface area contributed by atoms with Crippen LogP contribution in [0.1, 0.15) is 74.8 Å². The van der Waals surface area contributed by atoms with Gasteiger partial charge in [0.1, 0.15) is 17.6 Å². The van der Waals surface area contributed by atoms with Crippen LogP contribution in [-0.2, 0) is 32.6 Å². The monoisotopic (exact) mass is 522 g/mol. The number of nitrogens with zero attached hydrogens (tertiary/aromatic N) is 1. The summed E-state index contributed by atoms with van der Waals surface area (Å²) < 4.78 is 20.8. The molecule has 7 nitrogen and oxygen atoms in total. The number of amides is 2. The van der Waals surface area contributed by atoms with E-state index >= 15 is 4.39 Å². The van der Waals surface area contributed by atoms with Crippen molar-refractivity contribution in [2.75, 3.05) is 18.5 Å². The molecule has 5 rings (SSSR count). The second-order valence-electron chi connectivity index (χ2n) is 11.5. The van der Waals surface area contributed by atoms with Gasteiger partial charge < -0.3 is 20.1 Å². The van der Waals surface area contributed by atoms with Crippen LogP contribution in [0.4, 0.5) is 10.1 Å². The SMILES string of the molecule is CCOc1ccc2c(c1)CCN(C(=O)[C@H]1C[C@@H](CC(=O)O)C1)[C@H]2C(=O)Nc1cc(F)c2c(c1)CCC2(C)C. The predicted octanol–water partition coefficient (Wildman–Crippen LogP) is 5.01. The van der Waals surface area contributed by atoms with Crippen molar-refractivity contribution in [2.45, 2.75) is 70.8 Å². The molecule has 2 amide bonds. The van der Waals surface area contributed by atoms with Gasteiger partial charge in [-0.3, -0.25) is 14.4 Å². The van der Waals surface area contributed by atoms with Gasteiger partial charge in [-0.15, -0.1) is 0 Å². The number of anilines is 1. The number of hydrogen-bond acceptors (Lipinski definition) is 4. The first-order valence-corrected chi connectivity index (χ1v) is 13.5. The number of nitrogens with one attached hydrogen (secondary N) is 1. The Labute approximate surface area is 222 Å². The summed E-state index contributed by atoms with van der Waals surface area (Å²) in [4.78, 5) is 40.0. The second-order valence-corrected chi connectivity index (χ2v) is 11.5. The van der Waals surface area contributed by atoms with Crippen molar-refractivity contribution < 1.29 is 28.6 Å². The van der Waals surface area contributed by atoms with Crippen LogP contribution < -0.4 is 10.1 Å². The first-order chi connectivity index (χ1) is 18.1. The standard InChI is InChI=1S/C30H35FN2O5/c1-4-38-22-5-6-23-18(15-22)8-10-33(29(37)20-11-17(12-20)13-25(34)35)27(23)28(36)32-21-14-19-7-9-30(2,3)26(19)24(31)16-21/h5-6,14-17,20,27H,4,7-13H2,1-3H3,(H,32,36)(H,34,35)/t17-,20+,27-/m1/s1. The molecule has 0 aromatic heterocycles. The number of fused-ring (bicyclic) bond motifs is 2. The molecule has 2 aromatic carbocycles. The first kappa shape index (κ1) is 26.2. The van der Waals surface area contributed by atoms with Gasteiger partial charge in [0.15, 0.2) is 0 Å². The Balaban J connectivity index is 1.42. The zero-order chi connectivity index (χ0) is 27.2. The molecule has 3 aliphatic rings. The van der Waals surface area contributed by atoms with Crippen molar-refractivity contribution in [2.24, 2.45) is 11.8 Å². The molecule has 0 bridgehead atoms. The summed E-state index contributed by atoms with van der Waals surface area (Å²) in [6.45, 7) is 6.85. The number of carbonyl (C=O) groups excluding carboxylic acids is 2. The van der Waals surface area contributed by atoms with E-state index in [1.807, 2.05) is 39.0 Å². The molecule has 1 fully saturated rings. The van der Waals surface area contributed by atoms with Crippen LogP contribution in [0.2, 0.25) is 0 Å². The third kappa shape index (κ3) is 4.88. The second kappa shape index (κ2) is 10.0. The van der Waals surface area contributed by atoms with Crippen molar-refractivity contribution in [3.63, 3.8) is 0 Å². The number of rotatable bonds is 7. The van der Waals surface area contributed by atoms with Crippen LogP contribution in [0.3, 0.4) is 0 Å². The highest BCUT2D eigenvalue weighted by atomic mass is 19.1. The lowest BCUT2D eigenvalue weighted by Gasteiger charge is -2.42. The van der Waals surface area contributed by atoms with Gasteiger partial charge in [-0.2, -0.15) is 0 Å². The van der Waals surface area contributed by atoms with Crippen molar-refractivity contribution in [1.82, 2.24) is 4.90 Å². The lowest BCUT2D eigenvalue weighted by molar-refractivity contribution is -0.149. The molecular weight excluding hydrogens is 487 g/mol. The van der Waals surface area contributed by atoms with E-state index in [9.17, 15) is 14.4 Å². The maximum atomic E-state index is 15.1. The number of carboxylic acid groups (broad SMARTS) is 1. The molecular formula is C30H35FN2O5. The maximum Gasteiger partial charge on any atom is 0.303 e. The molecule has 1 aliphatic heterocycles. The molecule has 0 saturated heterocycles. The predicted molar refractivity (Wildman–Crippen MR) is 141 cm³/mol. The van der Waals surface area contributed by atoms with Crippen molar-refractivity contribution in [3.05, 3.63) is 58.4 Å². The lowest BCUT2D eigenvalue weighted by Crippen LogP contribution is -2.50. The minimum absolute atomic E-state index is 0.0156. The quantitative estimate of drug-likeness (QED) is 0.533. The number of aryl methyl sites for hydroxylation is 1. The van der Waals surface area contributed by atoms with E-state index in [4.69, 9.17) is 9.84 Å². The minimum atomic E-state index is -0.867. The highest BCUT2D eigenvalue weighted by Crippen LogP contribution is 2.43. The molecule has 8 heteroatoms. The Bertz CT molecular complexity index is 1280.